The molecule has 0 atom stereocenters. The minimum Gasteiger partial charge on any atom is -0.309 e. The Morgan fingerprint density at radius 3 is 2.79 bits per heavy atom. The van der Waals surface area contributed by atoms with Gasteiger partial charge in [0.15, 0.2) is 0 Å². The minimum absolute atomic E-state index is 0.0536. The summed E-state index contributed by atoms with van der Waals surface area (Å²) in [5, 5.41) is 11.4. The molecule has 1 amide bonds. The quantitative estimate of drug-likeness (QED) is 0.561. The van der Waals surface area contributed by atoms with Gasteiger partial charge < -0.3 is 5.32 Å². The molecule has 4 aromatic rings. The number of rotatable bonds is 6. The van der Waals surface area contributed by atoms with Crippen LogP contribution in [0, 0.1) is 5.82 Å². The number of pyridine rings is 1. The molecule has 3 heterocycles. The van der Waals surface area contributed by atoms with Gasteiger partial charge >= 0.3 is 0 Å². The third kappa shape index (κ3) is 4.12. The van der Waals surface area contributed by atoms with Gasteiger partial charge in [-0.3, -0.25) is 14.5 Å². The number of hydrogen-bond donors (Lipinski definition) is 1. The van der Waals surface area contributed by atoms with Crippen LogP contribution in [0.2, 0.25) is 0 Å². The number of halogens is 1. The van der Waals surface area contributed by atoms with Gasteiger partial charge in [-0.1, -0.05) is 18.2 Å². The number of anilines is 1. The molecule has 28 heavy (non-hydrogen) atoms. The van der Waals surface area contributed by atoms with Crippen molar-refractivity contribution >= 4 is 11.7 Å². The van der Waals surface area contributed by atoms with E-state index in [0.717, 1.165) is 11.3 Å². The van der Waals surface area contributed by atoms with Crippen molar-refractivity contribution < 1.29 is 9.18 Å². The standard InChI is InChI=1S/C20H17FN6O/c21-16-5-3-4-15(12-16)13-27-19(7-10-23-27)24-20(28)14-26-11-8-18(25-26)17-6-1-2-9-22-17/h1-12H,13-14H2,(H,24,28). The highest BCUT2D eigenvalue weighted by Gasteiger charge is 2.10. The van der Waals surface area contributed by atoms with E-state index >= 15 is 0 Å². The molecule has 0 spiro atoms. The molecule has 4 rings (SSSR count). The smallest absolute Gasteiger partial charge is 0.247 e. The summed E-state index contributed by atoms with van der Waals surface area (Å²) < 4.78 is 16.5. The van der Waals surface area contributed by atoms with E-state index in [1.165, 1.54) is 12.1 Å². The summed E-state index contributed by atoms with van der Waals surface area (Å²) in [4.78, 5) is 16.6. The molecule has 3 aromatic heterocycles. The van der Waals surface area contributed by atoms with Crippen LogP contribution in [0.25, 0.3) is 11.4 Å². The van der Waals surface area contributed by atoms with Gasteiger partial charge in [0.25, 0.3) is 0 Å². The number of aromatic nitrogens is 5. The zero-order valence-corrected chi connectivity index (χ0v) is 14.9. The first-order valence-electron chi connectivity index (χ1n) is 8.68. The van der Waals surface area contributed by atoms with E-state index in [-0.39, 0.29) is 18.3 Å². The summed E-state index contributed by atoms with van der Waals surface area (Å²) in [6.45, 7) is 0.407. The Balaban J connectivity index is 1.41. The van der Waals surface area contributed by atoms with Crippen molar-refractivity contribution in [3.63, 3.8) is 0 Å². The lowest BCUT2D eigenvalue weighted by atomic mass is 10.2. The van der Waals surface area contributed by atoms with Crippen LogP contribution in [0.5, 0.6) is 0 Å². The van der Waals surface area contributed by atoms with Crippen molar-refractivity contribution in [2.75, 3.05) is 5.32 Å². The number of hydrogen-bond acceptors (Lipinski definition) is 4. The van der Waals surface area contributed by atoms with Crippen molar-refractivity contribution in [2.45, 2.75) is 13.1 Å². The predicted octanol–water partition coefficient (Wildman–Crippen LogP) is 2.97. The lowest BCUT2D eigenvalue weighted by Crippen LogP contribution is -2.21. The second-order valence-corrected chi connectivity index (χ2v) is 6.17. The van der Waals surface area contributed by atoms with E-state index in [9.17, 15) is 9.18 Å². The van der Waals surface area contributed by atoms with Crippen LogP contribution in [0.15, 0.2) is 73.2 Å². The number of carbonyl (C=O) groups excluding carboxylic acids is 1. The Morgan fingerprint density at radius 1 is 1.04 bits per heavy atom. The maximum atomic E-state index is 13.4. The number of amides is 1. The molecule has 0 fully saturated rings. The van der Waals surface area contributed by atoms with Crippen LogP contribution in [-0.2, 0) is 17.9 Å². The van der Waals surface area contributed by atoms with Crippen molar-refractivity contribution in [3.8, 4) is 11.4 Å². The highest BCUT2D eigenvalue weighted by molar-refractivity contribution is 5.89. The van der Waals surface area contributed by atoms with Crippen LogP contribution in [0.1, 0.15) is 5.56 Å². The molecular formula is C20H17FN6O. The normalized spacial score (nSPS) is 10.8. The fraction of sp³-hybridized carbons (Fsp3) is 0.100. The van der Waals surface area contributed by atoms with Gasteiger partial charge in [0.2, 0.25) is 5.91 Å². The summed E-state index contributed by atoms with van der Waals surface area (Å²) >= 11 is 0. The Bertz CT molecular complexity index is 1090. The van der Waals surface area contributed by atoms with E-state index in [0.29, 0.717) is 18.1 Å². The molecule has 0 aliphatic heterocycles. The van der Waals surface area contributed by atoms with E-state index in [2.05, 4.69) is 20.5 Å². The summed E-state index contributed by atoms with van der Waals surface area (Å²) in [5.41, 5.74) is 2.20. The number of nitrogens with zero attached hydrogens (tertiary/aromatic N) is 5. The van der Waals surface area contributed by atoms with Gasteiger partial charge in [-0.15, -0.1) is 0 Å². The highest BCUT2D eigenvalue weighted by Crippen LogP contribution is 2.14. The Hall–Kier alpha value is -3.81. The Labute approximate surface area is 160 Å². The summed E-state index contributed by atoms with van der Waals surface area (Å²) in [7, 11) is 0. The zero-order chi connectivity index (χ0) is 19.3. The number of benzene rings is 1. The third-order valence-corrected chi connectivity index (χ3v) is 4.08. The van der Waals surface area contributed by atoms with Crippen molar-refractivity contribution in [1.82, 2.24) is 24.5 Å². The van der Waals surface area contributed by atoms with E-state index in [1.807, 2.05) is 24.3 Å². The summed E-state index contributed by atoms with van der Waals surface area (Å²) in [5.74, 6) is -0.0133. The first-order chi connectivity index (χ1) is 13.7. The topological polar surface area (TPSA) is 77.6 Å². The molecule has 7 nitrogen and oxygen atoms in total. The Morgan fingerprint density at radius 2 is 1.96 bits per heavy atom. The number of nitrogens with one attached hydrogen (secondary N) is 1. The summed E-state index contributed by atoms with van der Waals surface area (Å²) in [6.07, 6.45) is 5.01. The van der Waals surface area contributed by atoms with Crippen LogP contribution >= 0.6 is 0 Å². The molecule has 1 aromatic carbocycles. The van der Waals surface area contributed by atoms with Crippen LogP contribution in [-0.4, -0.2) is 30.5 Å². The molecular weight excluding hydrogens is 359 g/mol. The van der Waals surface area contributed by atoms with E-state index in [4.69, 9.17) is 0 Å². The predicted molar refractivity (Wildman–Crippen MR) is 102 cm³/mol. The SMILES string of the molecule is O=C(Cn1ccc(-c2ccccn2)n1)Nc1ccnn1Cc1cccc(F)c1. The first kappa shape index (κ1) is 17.6. The molecule has 8 heteroatoms. The Kier molecular flexibility index (Phi) is 4.92. The molecule has 0 saturated carbocycles. The van der Waals surface area contributed by atoms with E-state index < -0.39 is 0 Å². The van der Waals surface area contributed by atoms with Gasteiger partial charge in [-0.25, -0.2) is 9.07 Å². The molecule has 0 aliphatic rings. The lowest BCUT2D eigenvalue weighted by molar-refractivity contribution is -0.116. The molecule has 0 aliphatic carbocycles. The average molecular weight is 376 g/mol. The molecule has 0 unspecified atom stereocenters. The van der Waals surface area contributed by atoms with E-state index in [1.54, 1.807) is 46.2 Å². The zero-order valence-electron chi connectivity index (χ0n) is 14.9. The van der Waals surface area contributed by atoms with Gasteiger partial charge in [0, 0.05) is 18.5 Å². The molecule has 140 valence electrons. The maximum Gasteiger partial charge on any atom is 0.247 e. The monoisotopic (exact) mass is 376 g/mol. The lowest BCUT2D eigenvalue weighted by Gasteiger charge is -2.09. The first-order valence-corrected chi connectivity index (χ1v) is 8.68. The van der Waals surface area contributed by atoms with Crippen molar-refractivity contribution in [3.05, 3.63) is 84.6 Å². The van der Waals surface area contributed by atoms with Gasteiger partial charge in [-0.2, -0.15) is 10.2 Å². The van der Waals surface area contributed by atoms with Crippen LogP contribution in [0.4, 0.5) is 10.2 Å². The minimum atomic E-state index is -0.308. The third-order valence-electron chi connectivity index (χ3n) is 4.08. The second-order valence-electron chi connectivity index (χ2n) is 6.17. The van der Waals surface area contributed by atoms with Gasteiger partial charge in [-0.05, 0) is 35.9 Å². The van der Waals surface area contributed by atoms with Crippen molar-refractivity contribution in [1.29, 1.82) is 0 Å². The van der Waals surface area contributed by atoms with Crippen LogP contribution < -0.4 is 5.32 Å². The second kappa shape index (κ2) is 7.83. The fourth-order valence-corrected chi connectivity index (χ4v) is 2.80. The molecule has 0 radical (unpaired) electrons. The highest BCUT2D eigenvalue weighted by atomic mass is 19.1. The maximum absolute atomic E-state index is 13.4. The molecule has 1 N–H and O–H groups in total. The summed E-state index contributed by atoms with van der Waals surface area (Å²) in [6, 6.07) is 15.4. The number of carbonyl (C=O) groups is 1. The molecule has 0 bridgehead atoms. The van der Waals surface area contributed by atoms with Gasteiger partial charge in [0.1, 0.15) is 23.9 Å². The average Bonchev–Trinajstić information content (AvgIpc) is 3.32. The largest absolute Gasteiger partial charge is 0.309 e. The fourth-order valence-electron chi connectivity index (χ4n) is 2.80. The van der Waals surface area contributed by atoms with Crippen LogP contribution in [0.3, 0.4) is 0 Å². The van der Waals surface area contributed by atoms with Crippen molar-refractivity contribution in [2.24, 2.45) is 0 Å². The molecule has 0 saturated heterocycles. The van der Waals surface area contributed by atoms with Gasteiger partial charge in [0.05, 0.1) is 18.4 Å².